The second-order valence-electron chi connectivity index (χ2n) is 5.52. The molecule has 1 fully saturated rings. The maximum absolute atomic E-state index is 12.0. The van der Waals surface area contributed by atoms with Crippen LogP contribution >= 0.6 is 15.9 Å². The first-order valence-electron chi connectivity index (χ1n) is 6.39. The molecule has 2 atom stereocenters. The molecule has 0 radical (unpaired) electrons. The van der Waals surface area contributed by atoms with Crippen LogP contribution in [0.2, 0.25) is 0 Å². The molecule has 16 heavy (non-hydrogen) atoms. The molecule has 3 heteroatoms. The van der Waals surface area contributed by atoms with Gasteiger partial charge in [0.1, 0.15) is 0 Å². The van der Waals surface area contributed by atoms with Crippen LogP contribution in [-0.4, -0.2) is 17.3 Å². The summed E-state index contributed by atoms with van der Waals surface area (Å²) in [5.74, 6) is 0.487. The highest BCUT2D eigenvalue weighted by Crippen LogP contribution is 2.42. The van der Waals surface area contributed by atoms with E-state index in [0.717, 1.165) is 25.8 Å². The third kappa shape index (κ3) is 3.76. The molecule has 0 aliphatic heterocycles. The molecule has 1 N–H and O–H groups in total. The summed E-state index contributed by atoms with van der Waals surface area (Å²) in [5, 5.41) is 3.08. The van der Waals surface area contributed by atoms with Gasteiger partial charge in [0, 0.05) is 17.3 Å². The van der Waals surface area contributed by atoms with E-state index < -0.39 is 0 Å². The zero-order valence-electron chi connectivity index (χ0n) is 10.7. The topological polar surface area (TPSA) is 29.1 Å². The summed E-state index contributed by atoms with van der Waals surface area (Å²) in [6.07, 6.45) is 5.58. The fourth-order valence-electron chi connectivity index (χ4n) is 2.49. The van der Waals surface area contributed by atoms with Gasteiger partial charge in [-0.15, -0.1) is 0 Å². The number of amides is 1. The fraction of sp³-hybridized carbons (Fsp3) is 0.923. The normalized spacial score (nSPS) is 25.4. The van der Waals surface area contributed by atoms with Gasteiger partial charge in [0.05, 0.1) is 0 Å². The van der Waals surface area contributed by atoms with Gasteiger partial charge in [-0.3, -0.25) is 4.79 Å². The average Bonchev–Trinajstić information content (AvgIpc) is 2.57. The van der Waals surface area contributed by atoms with E-state index in [1.807, 2.05) is 0 Å². The number of carbonyl (C=O) groups excluding carboxylic acids is 1. The van der Waals surface area contributed by atoms with Gasteiger partial charge in [-0.1, -0.05) is 43.1 Å². The second kappa shape index (κ2) is 6.04. The van der Waals surface area contributed by atoms with Crippen molar-refractivity contribution in [2.45, 2.75) is 57.7 Å². The Morgan fingerprint density at radius 1 is 1.56 bits per heavy atom. The molecule has 1 aliphatic rings. The summed E-state index contributed by atoms with van der Waals surface area (Å²) < 4.78 is 0. The van der Waals surface area contributed by atoms with Gasteiger partial charge in [0.25, 0.3) is 0 Å². The van der Waals surface area contributed by atoms with E-state index in [9.17, 15) is 4.79 Å². The van der Waals surface area contributed by atoms with Crippen molar-refractivity contribution in [1.82, 2.24) is 5.32 Å². The SMILES string of the molecule is CCC(Br)CCNC(=O)C1CCCC1(C)C. The largest absolute Gasteiger partial charge is 0.356 e. The molecule has 2 nitrogen and oxygen atoms in total. The second-order valence-corrected chi connectivity index (χ2v) is 6.81. The molecule has 94 valence electrons. The number of hydrogen-bond donors (Lipinski definition) is 1. The van der Waals surface area contributed by atoms with Crippen molar-refractivity contribution in [2.24, 2.45) is 11.3 Å². The molecule has 0 aromatic rings. The monoisotopic (exact) mass is 289 g/mol. The molecular weight excluding hydrogens is 266 g/mol. The lowest BCUT2D eigenvalue weighted by Gasteiger charge is -2.26. The van der Waals surface area contributed by atoms with Crippen molar-refractivity contribution in [2.75, 3.05) is 6.54 Å². The first-order valence-corrected chi connectivity index (χ1v) is 7.30. The van der Waals surface area contributed by atoms with Crippen molar-refractivity contribution in [3.8, 4) is 0 Å². The minimum Gasteiger partial charge on any atom is -0.356 e. The standard InChI is InChI=1S/C13H24BrNO/c1-4-10(14)7-9-15-12(16)11-6-5-8-13(11,2)3/h10-11H,4-9H2,1-3H3,(H,15,16). The maximum atomic E-state index is 12.0. The summed E-state index contributed by atoms with van der Waals surface area (Å²) >= 11 is 3.58. The number of carbonyl (C=O) groups is 1. The molecule has 0 aromatic heterocycles. The Morgan fingerprint density at radius 3 is 2.75 bits per heavy atom. The van der Waals surface area contributed by atoms with Crippen molar-refractivity contribution in [1.29, 1.82) is 0 Å². The molecule has 0 spiro atoms. The third-order valence-corrected chi connectivity index (χ3v) is 4.88. The highest BCUT2D eigenvalue weighted by Gasteiger charge is 2.38. The zero-order chi connectivity index (χ0) is 12.2. The Hall–Kier alpha value is -0.0500. The minimum absolute atomic E-state index is 0.197. The lowest BCUT2D eigenvalue weighted by molar-refractivity contribution is -0.127. The van der Waals surface area contributed by atoms with Crippen molar-refractivity contribution in [3.63, 3.8) is 0 Å². The Kier molecular flexibility index (Phi) is 5.29. The van der Waals surface area contributed by atoms with Crippen LogP contribution in [0.3, 0.4) is 0 Å². The first-order chi connectivity index (χ1) is 7.47. The van der Waals surface area contributed by atoms with Crippen LogP contribution in [0.5, 0.6) is 0 Å². The summed E-state index contributed by atoms with van der Waals surface area (Å²) in [5.41, 5.74) is 0.197. The summed E-state index contributed by atoms with van der Waals surface area (Å²) in [4.78, 5) is 12.5. The highest BCUT2D eigenvalue weighted by atomic mass is 79.9. The summed E-state index contributed by atoms with van der Waals surface area (Å²) in [7, 11) is 0. The Labute approximate surface area is 108 Å². The van der Waals surface area contributed by atoms with Crippen LogP contribution in [-0.2, 0) is 4.79 Å². The van der Waals surface area contributed by atoms with Crippen molar-refractivity contribution >= 4 is 21.8 Å². The summed E-state index contributed by atoms with van der Waals surface area (Å²) in [6, 6.07) is 0. The molecule has 0 bridgehead atoms. The van der Waals surface area contributed by atoms with E-state index in [4.69, 9.17) is 0 Å². The van der Waals surface area contributed by atoms with E-state index in [2.05, 4.69) is 42.0 Å². The molecule has 1 amide bonds. The van der Waals surface area contributed by atoms with Crippen LogP contribution in [0.25, 0.3) is 0 Å². The van der Waals surface area contributed by atoms with E-state index in [-0.39, 0.29) is 17.2 Å². The van der Waals surface area contributed by atoms with Crippen LogP contribution < -0.4 is 5.32 Å². The Morgan fingerprint density at radius 2 is 2.25 bits per heavy atom. The van der Waals surface area contributed by atoms with Crippen LogP contribution in [0.1, 0.15) is 52.9 Å². The minimum atomic E-state index is 0.197. The maximum Gasteiger partial charge on any atom is 0.223 e. The predicted octanol–water partition coefficient (Wildman–Crippen LogP) is 3.49. The molecule has 1 rings (SSSR count). The molecular formula is C13H24BrNO. The Bertz CT molecular complexity index is 240. The van der Waals surface area contributed by atoms with Crippen LogP contribution in [0.4, 0.5) is 0 Å². The van der Waals surface area contributed by atoms with Gasteiger partial charge < -0.3 is 5.32 Å². The number of hydrogen-bond acceptors (Lipinski definition) is 1. The molecule has 2 unspecified atom stereocenters. The fourth-order valence-corrected chi connectivity index (χ4v) is 2.72. The van der Waals surface area contributed by atoms with Crippen molar-refractivity contribution < 1.29 is 4.79 Å². The smallest absolute Gasteiger partial charge is 0.223 e. The van der Waals surface area contributed by atoms with Crippen LogP contribution in [0, 0.1) is 11.3 Å². The van der Waals surface area contributed by atoms with E-state index >= 15 is 0 Å². The quantitative estimate of drug-likeness (QED) is 0.772. The lowest BCUT2D eigenvalue weighted by Crippen LogP contribution is -2.37. The van der Waals surface area contributed by atoms with E-state index in [0.29, 0.717) is 4.83 Å². The summed E-state index contributed by atoms with van der Waals surface area (Å²) in [6.45, 7) is 7.38. The van der Waals surface area contributed by atoms with Gasteiger partial charge >= 0.3 is 0 Å². The highest BCUT2D eigenvalue weighted by molar-refractivity contribution is 9.09. The zero-order valence-corrected chi connectivity index (χ0v) is 12.3. The van der Waals surface area contributed by atoms with Crippen molar-refractivity contribution in [3.05, 3.63) is 0 Å². The van der Waals surface area contributed by atoms with Gasteiger partial charge in [0.15, 0.2) is 0 Å². The Balaban J connectivity index is 2.30. The predicted molar refractivity (Wildman–Crippen MR) is 71.8 cm³/mol. The van der Waals surface area contributed by atoms with Gasteiger partial charge in [-0.2, -0.15) is 0 Å². The number of rotatable bonds is 5. The van der Waals surface area contributed by atoms with Gasteiger partial charge in [-0.25, -0.2) is 0 Å². The van der Waals surface area contributed by atoms with E-state index in [1.165, 1.54) is 12.8 Å². The first kappa shape index (κ1) is 14.0. The van der Waals surface area contributed by atoms with E-state index in [1.54, 1.807) is 0 Å². The average molecular weight is 290 g/mol. The van der Waals surface area contributed by atoms with Gasteiger partial charge in [-0.05, 0) is 31.1 Å². The molecule has 0 aromatic carbocycles. The molecule has 1 saturated carbocycles. The number of alkyl halides is 1. The molecule has 1 aliphatic carbocycles. The number of halogens is 1. The molecule has 0 heterocycles. The van der Waals surface area contributed by atoms with Gasteiger partial charge in [0.2, 0.25) is 5.91 Å². The molecule has 0 saturated heterocycles. The lowest BCUT2D eigenvalue weighted by atomic mass is 9.81. The number of nitrogens with one attached hydrogen (secondary N) is 1. The third-order valence-electron chi connectivity index (χ3n) is 3.77. The van der Waals surface area contributed by atoms with Crippen LogP contribution in [0.15, 0.2) is 0 Å².